The van der Waals surface area contributed by atoms with Gasteiger partial charge in [0.2, 0.25) is 0 Å². The summed E-state index contributed by atoms with van der Waals surface area (Å²) in [6.07, 6.45) is -6.87. The Bertz CT molecular complexity index is 109. The van der Waals surface area contributed by atoms with Gasteiger partial charge >= 0.3 is 0 Å². The maximum absolute atomic E-state index is 11.7. The average Bonchev–Trinajstić information content (AvgIpc) is 2.12. The zero-order chi connectivity index (χ0) is 9.72. The van der Waals surface area contributed by atoms with Crippen LogP contribution >= 0.6 is 0 Å². The van der Waals surface area contributed by atoms with Crippen LogP contribution in [-0.2, 0) is 0 Å². The molecule has 0 aliphatic rings. The van der Waals surface area contributed by atoms with E-state index in [9.17, 15) is 4.39 Å². The van der Waals surface area contributed by atoms with Crippen molar-refractivity contribution in [3.63, 3.8) is 0 Å². The van der Waals surface area contributed by atoms with Gasteiger partial charge in [-0.1, -0.05) is 0 Å². The molecule has 0 amide bonds. The third kappa shape index (κ3) is 3.00. The van der Waals surface area contributed by atoms with Gasteiger partial charge in [-0.25, -0.2) is 4.39 Å². The van der Waals surface area contributed by atoms with Crippen molar-refractivity contribution in [2.24, 2.45) is 0 Å². The lowest BCUT2D eigenvalue weighted by atomic mass is 10.0. The highest BCUT2D eigenvalue weighted by Crippen LogP contribution is 2.04. The van der Waals surface area contributed by atoms with Gasteiger partial charge in [0.25, 0.3) is 0 Å². The van der Waals surface area contributed by atoms with Crippen molar-refractivity contribution < 1.29 is 29.9 Å². The van der Waals surface area contributed by atoms with E-state index < -0.39 is 37.7 Å². The fourth-order valence-electron chi connectivity index (χ4n) is 0.654. The van der Waals surface area contributed by atoms with Crippen LogP contribution in [0.2, 0.25) is 0 Å². The van der Waals surface area contributed by atoms with E-state index in [0.29, 0.717) is 0 Å². The molecule has 5 nitrogen and oxygen atoms in total. The number of rotatable bonds is 5. The molecule has 0 saturated heterocycles. The SMILES string of the molecule is OC[C@@H](O)[C@@H](O)[C@H](O)[C@H](O)CF. The first-order valence-electron chi connectivity index (χ1n) is 3.43. The standard InChI is InChI=1S/C6H13FO5/c7-1-3(9)5(11)6(12)4(10)2-8/h3-6,8-12H,1-2H2/t3-,4-,5-,6-/m1/s1. The van der Waals surface area contributed by atoms with Gasteiger partial charge in [-0.15, -0.1) is 0 Å². The number of hydrogen-bond donors (Lipinski definition) is 5. The van der Waals surface area contributed by atoms with Crippen LogP contribution in [-0.4, -0.2) is 63.2 Å². The second kappa shape index (κ2) is 5.39. The Kier molecular flexibility index (Phi) is 5.27. The Morgan fingerprint density at radius 1 is 0.917 bits per heavy atom. The smallest absolute Gasteiger partial charge is 0.118 e. The monoisotopic (exact) mass is 184 g/mol. The molecule has 5 N–H and O–H groups in total. The van der Waals surface area contributed by atoms with Crippen LogP contribution in [0.1, 0.15) is 0 Å². The maximum atomic E-state index is 11.7. The van der Waals surface area contributed by atoms with E-state index in [2.05, 4.69) is 0 Å². The van der Waals surface area contributed by atoms with E-state index in [1.54, 1.807) is 0 Å². The molecule has 0 spiro atoms. The van der Waals surface area contributed by atoms with Crippen molar-refractivity contribution in [3.8, 4) is 0 Å². The first-order chi connectivity index (χ1) is 5.54. The van der Waals surface area contributed by atoms with Crippen LogP contribution < -0.4 is 0 Å². The average molecular weight is 184 g/mol. The van der Waals surface area contributed by atoms with Gasteiger partial charge in [0.15, 0.2) is 0 Å². The largest absolute Gasteiger partial charge is 0.394 e. The quantitative estimate of drug-likeness (QED) is 0.322. The second-order valence-electron chi connectivity index (χ2n) is 2.45. The number of aliphatic hydroxyl groups excluding tert-OH is 5. The summed E-state index contributed by atoms with van der Waals surface area (Å²) in [7, 11) is 0. The number of hydrogen-bond acceptors (Lipinski definition) is 5. The summed E-state index contributed by atoms with van der Waals surface area (Å²) in [4.78, 5) is 0. The molecule has 0 aliphatic carbocycles. The van der Waals surface area contributed by atoms with Gasteiger partial charge in [0, 0.05) is 0 Å². The maximum Gasteiger partial charge on any atom is 0.118 e. The normalized spacial score (nSPS) is 21.5. The lowest BCUT2D eigenvalue weighted by molar-refractivity contribution is -0.118. The summed E-state index contributed by atoms with van der Waals surface area (Å²) in [6.45, 7) is -1.99. The van der Waals surface area contributed by atoms with E-state index in [1.165, 1.54) is 0 Å². The highest BCUT2D eigenvalue weighted by Gasteiger charge is 2.29. The molecule has 0 heterocycles. The third-order valence-corrected chi connectivity index (χ3v) is 1.48. The number of halogens is 1. The van der Waals surface area contributed by atoms with Crippen LogP contribution in [0.15, 0.2) is 0 Å². The first-order valence-corrected chi connectivity index (χ1v) is 3.43. The van der Waals surface area contributed by atoms with Crippen molar-refractivity contribution >= 4 is 0 Å². The van der Waals surface area contributed by atoms with E-state index >= 15 is 0 Å². The second-order valence-corrected chi connectivity index (χ2v) is 2.45. The topological polar surface area (TPSA) is 101 Å². The minimum atomic E-state index is -1.79. The fourth-order valence-corrected chi connectivity index (χ4v) is 0.654. The van der Waals surface area contributed by atoms with Crippen molar-refractivity contribution in [3.05, 3.63) is 0 Å². The molecular formula is C6H13FO5. The van der Waals surface area contributed by atoms with Gasteiger partial charge in [-0.3, -0.25) is 0 Å². The van der Waals surface area contributed by atoms with E-state index in [-0.39, 0.29) is 0 Å². The highest BCUT2D eigenvalue weighted by atomic mass is 19.1. The van der Waals surface area contributed by atoms with Crippen LogP contribution in [0.3, 0.4) is 0 Å². The summed E-state index contributed by atoms with van der Waals surface area (Å²) in [6, 6.07) is 0. The van der Waals surface area contributed by atoms with Gasteiger partial charge in [0.05, 0.1) is 6.61 Å². The molecule has 4 atom stereocenters. The summed E-state index contributed by atoms with van der Waals surface area (Å²) >= 11 is 0. The van der Waals surface area contributed by atoms with Crippen LogP contribution in [0.4, 0.5) is 4.39 Å². The van der Waals surface area contributed by atoms with Crippen molar-refractivity contribution in [2.75, 3.05) is 13.3 Å². The summed E-state index contributed by atoms with van der Waals surface area (Å²) in [5, 5.41) is 43.5. The third-order valence-electron chi connectivity index (χ3n) is 1.48. The molecule has 0 rings (SSSR count). The zero-order valence-corrected chi connectivity index (χ0v) is 6.34. The molecule has 0 aromatic carbocycles. The molecule has 0 bridgehead atoms. The van der Waals surface area contributed by atoms with Crippen LogP contribution in [0, 0.1) is 0 Å². The van der Waals surface area contributed by atoms with E-state index in [4.69, 9.17) is 25.5 Å². The molecule has 0 aromatic rings. The molecule has 0 unspecified atom stereocenters. The zero-order valence-electron chi connectivity index (χ0n) is 6.34. The van der Waals surface area contributed by atoms with Gasteiger partial charge < -0.3 is 25.5 Å². The van der Waals surface area contributed by atoms with Crippen molar-refractivity contribution in [1.29, 1.82) is 0 Å². The Morgan fingerprint density at radius 3 is 1.67 bits per heavy atom. The molecule has 0 saturated carbocycles. The molecule has 0 aromatic heterocycles. The Morgan fingerprint density at radius 2 is 1.33 bits per heavy atom. The molecule has 0 fully saturated rings. The van der Waals surface area contributed by atoms with Crippen molar-refractivity contribution in [2.45, 2.75) is 24.4 Å². The van der Waals surface area contributed by atoms with Gasteiger partial charge in [-0.2, -0.15) is 0 Å². The molecule has 0 aliphatic heterocycles. The number of alkyl halides is 1. The van der Waals surface area contributed by atoms with E-state index in [0.717, 1.165) is 0 Å². The lowest BCUT2D eigenvalue weighted by Gasteiger charge is -2.23. The molecule has 12 heavy (non-hydrogen) atoms. The Labute approximate surface area is 68.7 Å². The predicted molar refractivity (Wildman–Crippen MR) is 37.1 cm³/mol. The summed E-state index contributed by atoms with van der Waals surface area (Å²) < 4.78 is 11.7. The van der Waals surface area contributed by atoms with E-state index in [1.807, 2.05) is 0 Å². The highest BCUT2D eigenvalue weighted by molar-refractivity contribution is 4.79. The summed E-state index contributed by atoms with van der Waals surface area (Å²) in [5.74, 6) is 0. The van der Waals surface area contributed by atoms with Gasteiger partial charge in [-0.05, 0) is 0 Å². The lowest BCUT2D eigenvalue weighted by Crippen LogP contribution is -2.46. The Hall–Kier alpha value is -0.270. The number of aliphatic hydroxyl groups is 5. The molecule has 0 radical (unpaired) electrons. The predicted octanol–water partition coefficient (Wildman–Crippen LogP) is -2.61. The fraction of sp³-hybridized carbons (Fsp3) is 1.00. The van der Waals surface area contributed by atoms with Crippen molar-refractivity contribution in [1.82, 2.24) is 0 Å². The minimum Gasteiger partial charge on any atom is -0.394 e. The molecule has 74 valence electrons. The van der Waals surface area contributed by atoms with Gasteiger partial charge in [0.1, 0.15) is 31.1 Å². The molecule has 6 heteroatoms. The summed E-state index contributed by atoms with van der Waals surface area (Å²) in [5.41, 5.74) is 0. The Balaban J connectivity index is 3.99. The first kappa shape index (κ1) is 11.7. The van der Waals surface area contributed by atoms with Crippen LogP contribution in [0.25, 0.3) is 0 Å². The molecular weight excluding hydrogens is 171 g/mol. The van der Waals surface area contributed by atoms with Crippen LogP contribution in [0.5, 0.6) is 0 Å². The minimum absolute atomic E-state index is 0.767.